The molecule has 2 fully saturated rings. The first kappa shape index (κ1) is 12.5. The first-order chi connectivity index (χ1) is 9.22. The van der Waals surface area contributed by atoms with Crippen molar-refractivity contribution < 1.29 is 19.4 Å². The third-order valence-corrected chi connectivity index (χ3v) is 3.80. The van der Waals surface area contributed by atoms with Crippen LogP contribution in [0.4, 0.5) is 0 Å². The van der Waals surface area contributed by atoms with Gasteiger partial charge in [0.05, 0.1) is 19.6 Å². The Morgan fingerprint density at radius 2 is 2.00 bits per heavy atom. The topological polar surface area (TPSA) is 55.8 Å². The summed E-state index contributed by atoms with van der Waals surface area (Å²) >= 11 is 0. The highest BCUT2D eigenvalue weighted by Crippen LogP contribution is 2.44. The molecule has 1 saturated heterocycles. The average Bonchev–Trinajstić information content (AvgIpc) is 3.16. The lowest BCUT2D eigenvalue weighted by Gasteiger charge is -2.26. The Labute approximate surface area is 112 Å². The van der Waals surface area contributed by atoms with Crippen molar-refractivity contribution in [3.05, 3.63) is 29.8 Å². The number of carboxylic acids is 1. The van der Waals surface area contributed by atoms with Crippen LogP contribution in [0.25, 0.3) is 0 Å². The largest absolute Gasteiger partial charge is 0.486 e. The van der Waals surface area contributed by atoms with E-state index < -0.39 is 5.97 Å². The van der Waals surface area contributed by atoms with Crippen molar-refractivity contribution in [2.24, 2.45) is 5.92 Å². The monoisotopic (exact) mass is 262 g/mol. The van der Waals surface area contributed by atoms with Crippen molar-refractivity contribution in [1.82, 2.24) is 0 Å². The number of carbonyl (C=O) groups is 1. The van der Waals surface area contributed by atoms with E-state index in [-0.39, 0.29) is 18.4 Å². The van der Waals surface area contributed by atoms with E-state index >= 15 is 0 Å². The predicted molar refractivity (Wildman–Crippen MR) is 69.4 cm³/mol. The van der Waals surface area contributed by atoms with E-state index in [1.807, 2.05) is 24.3 Å². The lowest BCUT2D eigenvalue weighted by atomic mass is 9.91. The molecule has 102 valence electrons. The molecule has 1 unspecified atom stereocenters. The Balaban J connectivity index is 1.67. The molecule has 1 N–H and O–H groups in total. The van der Waals surface area contributed by atoms with Gasteiger partial charge in [-0.15, -0.1) is 0 Å². The summed E-state index contributed by atoms with van der Waals surface area (Å²) in [5.74, 6) is 0.812. The molecule has 1 aliphatic heterocycles. The van der Waals surface area contributed by atoms with E-state index in [1.165, 1.54) is 0 Å². The zero-order chi connectivity index (χ0) is 13.2. The molecule has 0 spiro atoms. The van der Waals surface area contributed by atoms with Gasteiger partial charge >= 0.3 is 5.97 Å². The Morgan fingerprint density at radius 1 is 1.32 bits per heavy atom. The molecule has 2 aliphatic rings. The summed E-state index contributed by atoms with van der Waals surface area (Å²) in [4.78, 5) is 10.9. The molecule has 4 nitrogen and oxygen atoms in total. The summed E-state index contributed by atoms with van der Waals surface area (Å²) in [6.45, 7) is 1.32. The van der Waals surface area contributed by atoms with Gasteiger partial charge in [0.15, 0.2) is 0 Å². The molecule has 3 rings (SSSR count). The van der Waals surface area contributed by atoms with Gasteiger partial charge in [-0.1, -0.05) is 12.1 Å². The van der Waals surface area contributed by atoms with Crippen LogP contribution in [0, 0.1) is 5.92 Å². The second-order valence-corrected chi connectivity index (χ2v) is 5.39. The maximum absolute atomic E-state index is 10.9. The molecule has 19 heavy (non-hydrogen) atoms. The molecule has 4 heteroatoms. The van der Waals surface area contributed by atoms with E-state index in [1.54, 1.807) is 0 Å². The van der Waals surface area contributed by atoms with Gasteiger partial charge in [-0.25, -0.2) is 0 Å². The quantitative estimate of drug-likeness (QED) is 0.855. The van der Waals surface area contributed by atoms with Crippen molar-refractivity contribution in [2.45, 2.75) is 31.3 Å². The minimum Gasteiger partial charge on any atom is -0.486 e. The Kier molecular flexibility index (Phi) is 3.42. The Bertz CT molecular complexity index is 446. The minimum absolute atomic E-state index is 0.151. The molecule has 0 aromatic heterocycles. The number of hydrogen-bond donors (Lipinski definition) is 1. The van der Waals surface area contributed by atoms with E-state index in [9.17, 15) is 4.79 Å². The maximum atomic E-state index is 10.9. The SMILES string of the molecule is O=C(O)CC(c1ccc(OC2COC2)cc1)C1CC1. The number of hydrogen-bond acceptors (Lipinski definition) is 3. The lowest BCUT2D eigenvalue weighted by Crippen LogP contribution is -2.38. The first-order valence-electron chi connectivity index (χ1n) is 6.78. The van der Waals surface area contributed by atoms with Crippen LogP contribution >= 0.6 is 0 Å². The number of benzene rings is 1. The van der Waals surface area contributed by atoms with Gasteiger partial charge in [0.25, 0.3) is 0 Å². The number of ether oxygens (including phenoxy) is 2. The summed E-state index contributed by atoms with van der Waals surface area (Å²) < 4.78 is 10.8. The summed E-state index contributed by atoms with van der Waals surface area (Å²) in [5.41, 5.74) is 1.11. The highest BCUT2D eigenvalue weighted by atomic mass is 16.6. The molecule has 0 bridgehead atoms. The van der Waals surface area contributed by atoms with Gasteiger partial charge < -0.3 is 14.6 Å². The van der Waals surface area contributed by atoms with Crippen molar-refractivity contribution >= 4 is 5.97 Å². The summed E-state index contributed by atoms with van der Waals surface area (Å²) in [6.07, 6.45) is 2.69. The highest BCUT2D eigenvalue weighted by molar-refractivity contribution is 5.68. The van der Waals surface area contributed by atoms with E-state index in [2.05, 4.69) is 0 Å². The molecule has 0 amide bonds. The second kappa shape index (κ2) is 5.21. The van der Waals surface area contributed by atoms with Crippen LogP contribution in [0.3, 0.4) is 0 Å². The Morgan fingerprint density at radius 3 is 2.47 bits per heavy atom. The van der Waals surface area contributed by atoms with Crippen molar-refractivity contribution in [3.63, 3.8) is 0 Å². The van der Waals surface area contributed by atoms with E-state index in [4.69, 9.17) is 14.6 Å². The normalized spacial score (nSPS) is 20.6. The van der Waals surface area contributed by atoms with Gasteiger partial charge in [0.1, 0.15) is 11.9 Å². The number of carboxylic acid groups (broad SMARTS) is 1. The van der Waals surface area contributed by atoms with Crippen LogP contribution < -0.4 is 4.74 Å². The van der Waals surface area contributed by atoms with Crippen molar-refractivity contribution in [3.8, 4) is 5.75 Å². The van der Waals surface area contributed by atoms with Crippen LogP contribution in [-0.2, 0) is 9.53 Å². The standard InChI is InChI=1S/C15H18O4/c16-15(17)7-14(10-1-2-10)11-3-5-12(6-4-11)19-13-8-18-9-13/h3-6,10,13-14H,1-2,7-9H2,(H,16,17). The maximum Gasteiger partial charge on any atom is 0.303 e. The van der Waals surface area contributed by atoms with E-state index in [0.717, 1.165) is 24.2 Å². The molecular weight excluding hydrogens is 244 g/mol. The smallest absolute Gasteiger partial charge is 0.303 e. The molecule has 1 saturated carbocycles. The zero-order valence-electron chi connectivity index (χ0n) is 10.7. The summed E-state index contributed by atoms with van der Waals surface area (Å²) in [5, 5.41) is 9.00. The van der Waals surface area contributed by atoms with Crippen LogP contribution in [0.15, 0.2) is 24.3 Å². The zero-order valence-corrected chi connectivity index (χ0v) is 10.7. The summed E-state index contributed by atoms with van der Waals surface area (Å²) in [6, 6.07) is 7.87. The van der Waals surface area contributed by atoms with Gasteiger partial charge in [-0.05, 0) is 42.4 Å². The molecular formula is C15H18O4. The van der Waals surface area contributed by atoms with Crippen LogP contribution in [0.5, 0.6) is 5.75 Å². The molecule has 1 aliphatic carbocycles. The number of rotatable bonds is 6. The lowest BCUT2D eigenvalue weighted by molar-refractivity contribution is -0.137. The minimum atomic E-state index is -0.719. The predicted octanol–water partition coefficient (Wildman–Crippen LogP) is 2.43. The third kappa shape index (κ3) is 3.07. The second-order valence-electron chi connectivity index (χ2n) is 5.39. The van der Waals surface area contributed by atoms with Crippen molar-refractivity contribution in [2.75, 3.05) is 13.2 Å². The van der Waals surface area contributed by atoms with Gasteiger partial charge in [0.2, 0.25) is 0 Å². The van der Waals surface area contributed by atoms with E-state index in [0.29, 0.717) is 19.1 Å². The van der Waals surface area contributed by atoms with Crippen LogP contribution in [-0.4, -0.2) is 30.4 Å². The first-order valence-corrected chi connectivity index (χ1v) is 6.78. The van der Waals surface area contributed by atoms with Crippen molar-refractivity contribution in [1.29, 1.82) is 0 Å². The third-order valence-electron chi connectivity index (χ3n) is 3.80. The molecule has 1 aromatic carbocycles. The fourth-order valence-corrected chi connectivity index (χ4v) is 2.51. The van der Waals surface area contributed by atoms with Gasteiger partial charge in [0, 0.05) is 0 Å². The average molecular weight is 262 g/mol. The molecule has 1 aromatic rings. The van der Waals surface area contributed by atoms with Gasteiger partial charge in [-0.3, -0.25) is 4.79 Å². The van der Waals surface area contributed by atoms with Gasteiger partial charge in [-0.2, -0.15) is 0 Å². The molecule has 1 atom stereocenters. The van der Waals surface area contributed by atoms with Crippen LogP contribution in [0.2, 0.25) is 0 Å². The fourth-order valence-electron chi connectivity index (χ4n) is 2.51. The summed E-state index contributed by atoms with van der Waals surface area (Å²) in [7, 11) is 0. The Hall–Kier alpha value is -1.55. The number of aliphatic carboxylic acids is 1. The highest BCUT2D eigenvalue weighted by Gasteiger charge is 2.33. The molecule has 0 radical (unpaired) electrons. The fraction of sp³-hybridized carbons (Fsp3) is 0.533. The molecule has 1 heterocycles. The van der Waals surface area contributed by atoms with Crippen LogP contribution in [0.1, 0.15) is 30.7 Å².